The summed E-state index contributed by atoms with van der Waals surface area (Å²) < 4.78 is 2.01. The van der Waals surface area contributed by atoms with E-state index in [0.717, 1.165) is 18.2 Å². The van der Waals surface area contributed by atoms with Gasteiger partial charge in [-0.05, 0) is 49.4 Å². The van der Waals surface area contributed by atoms with Crippen molar-refractivity contribution in [3.63, 3.8) is 0 Å². The Morgan fingerprint density at radius 1 is 1.33 bits per heavy atom. The van der Waals surface area contributed by atoms with Gasteiger partial charge in [-0.3, -0.25) is 4.68 Å². The number of hydrogen-bond donors (Lipinski definition) is 1. The SMILES string of the molecule is CCNC(c1ccccc1C1CCC1)c1cc(C)nn1C. The molecule has 3 nitrogen and oxygen atoms in total. The van der Waals surface area contributed by atoms with Crippen LogP contribution >= 0.6 is 0 Å². The van der Waals surface area contributed by atoms with Crippen LogP contribution in [0.5, 0.6) is 0 Å². The van der Waals surface area contributed by atoms with E-state index in [1.54, 1.807) is 0 Å². The van der Waals surface area contributed by atoms with Crippen molar-refractivity contribution in [1.82, 2.24) is 15.1 Å². The first kappa shape index (κ1) is 14.3. The van der Waals surface area contributed by atoms with E-state index >= 15 is 0 Å². The zero-order chi connectivity index (χ0) is 14.8. The van der Waals surface area contributed by atoms with Gasteiger partial charge < -0.3 is 5.32 Å². The van der Waals surface area contributed by atoms with Gasteiger partial charge in [-0.15, -0.1) is 0 Å². The molecule has 1 aliphatic rings. The van der Waals surface area contributed by atoms with Gasteiger partial charge in [0.25, 0.3) is 0 Å². The minimum Gasteiger partial charge on any atom is -0.305 e. The van der Waals surface area contributed by atoms with Crippen molar-refractivity contribution in [1.29, 1.82) is 0 Å². The monoisotopic (exact) mass is 283 g/mol. The molecule has 0 spiro atoms. The quantitative estimate of drug-likeness (QED) is 0.907. The zero-order valence-electron chi connectivity index (χ0n) is 13.3. The summed E-state index contributed by atoms with van der Waals surface area (Å²) >= 11 is 0. The normalized spacial score (nSPS) is 16.7. The Morgan fingerprint density at radius 2 is 2.10 bits per heavy atom. The molecule has 3 rings (SSSR count). The molecule has 1 heterocycles. The summed E-state index contributed by atoms with van der Waals surface area (Å²) in [4.78, 5) is 0. The van der Waals surface area contributed by atoms with Gasteiger partial charge in [0.15, 0.2) is 0 Å². The average molecular weight is 283 g/mol. The molecule has 1 unspecified atom stereocenters. The standard InChI is InChI=1S/C18H25N3/c1-4-19-18(17-12-13(2)20-21(17)3)16-11-6-5-10-15(16)14-8-7-9-14/h5-6,10-12,14,18-19H,4,7-9H2,1-3H3. The van der Waals surface area contributed by atoms with Crippen LogP contribution in [0.4, 0.5) is 0 Å². The Balaban J connectivity index is 2.03. The van der Waals surface area contributed by atoms with E-state index in [2.05, 4.69) is 54.6 Å². The fraction of sp³-hybridized carbons (Fsp3) is 0.500. The topological polar surface area (TPSA) is 29.9 Å². The molecule has 1 atom stereocenters. The van der Waals surface area contributed by atoms with Crippen LogP contribution < -0.4 is 5.32 Å². The summed E-state index contributed by atoms with van der Waals surface area (Å²) in [5.41, 5.74) is 5.28. The molecule has 21 heavy (non-hydrogen) atoms. The number of benzene rings is 1. The Morgan fingerprint density at radius 3 is 2.67 bits per heavy atom. The molecule has 1 aromatic heterocycles. The van der Waals surface area contributed by atoms with Crippen molar-refractivity contribution >= 4 is 0 Å². The van der Waals surface area contributed by atoms with E-state index in [0.29, 0.717) is 0 Å². The molecule has 2 aromatic rings. The van der Waals surface area contributed by atoms with Gasteiger partial charge in [0.2, 0.25) is 0 Å². The third-order valence-electron chi connectivity index (χ3n) is 4.59. The highest BCUT2D eigenvalue weighted by molar-refractivity contribution is 5.38. The van der Waals surface area contributed by atoms with Crippen LogP contribution in [0.25, 0.3) is 0 Å². The average Bonchev–Trinajstić information content (AvgIpc) is 2.74. The third kappa shape index (κ3) is 2.75. The van der Waals surface area contributed by atoms with E-state index in [1.807, 2.05) is 11.7 Å². The summed E-state index contributed by atoms with van der Waals surface area (Å²) in [5.74, 6) is 0.747. The molecule has 0 amide bonds. The van der Waals surface area contributed by atoms with E-state index in [1.165, 1.54) is 36.1 Å². The second kappa shape index (κ2) is 6.02. The highest BCUT2D eigenvalue weighted by atomic mass is 15.3. The lowest BCUT2D eigenvalue weighted by molar-refractivity contribution is 0.413. The summed E-state index contributed by atoms with van der Waals surface area (Å²) in [5, 5.41) is 8.18. The molecular weight excluding hydrogens is 258 g/mol. The minimum atomic E-state index is 0.234. The second-order valence-electron chi connectivity index (χ2n) is 6.08. The van der Waals surface area contributed by atoms with Crippen LogP contribution in [0.15, 0.2) is 30.3 Å². The van der Waals surface area contributed by atoms with Crippen LogP contribution in [0.3, 0.4) is 0 Å². The number of rotatable bonds is 5. The Hall–Kier alpha value is -1.61. The van der Waals surface area contributed by atoms with Crippen LogP contribution in [-0.2, 0) is 7.05 Å². The molecule has 0 bridgehead atoms. The smallest absolute Gasteiger partial charge is 0.0750 e. The van der Waals surface area contributed by atoms with Crippen LogP contribution in [0, 0.1) is 6.92 Å². The molecule has 112 valence electrons. The first-order valence-electron chi connectivity index (χ1n) is 8.03. The number of aromatic nitrogens is 2. The van der Waals surface area contributed by atoms with Crippen molar-refractivity contribution in [3.8, 4) is 0 Å². The van der Waals surface area contributed by atoms with Gasteiger partial charge in [-0.1, -0.05) is 37.6 Å². The fourth-order valence-corrected chi connectivity index (χ4v) is 3.34. The Bertz CT molecular complexity index is 611. The maximum absolute atomic E-state index is 4.53. The van der Waals surface area contributed by atoms with Crippen molar-refractivity contribution < 1.29 is 0 Å². The number of nitrogens with one attached hydrogen (secondary N) is 1. The van der Waals surface area contributed by atoms with Crippen molar-refractivity contribution in [3.05, 3.63) is 52.8 Å². The molecule has 0 aliphatic heterocycles. The van der Waals surface area contributed by atoms with Gasteiger partial charge in [-0.2, -0.15) is 5.10 Å². The summed E-state index contributed by atoms with van der Waals surface area (Å²) in [6, 6.07) is 11.4. The van der Waals surface area contributed by atoms with Crippen LogP contribution in [-0.4, -0.2) is 16.3 Å². The first-order chi connectivity index (χ1) is 10.2. The Kier molecular flexibility index (Phi) is 4.11. The molecule has 1 saturated carbocycles. The van der Waals surface area contributed by atoms with Gasteiger partial charge in [0.05, 0.1) is 17.4 Å². The molecule has 1 fully saturated rings. The maximum atomic E-state index is 4.53. The highest BCUT2D eigenvalue weighted by Gasteiger charge is 2.26. The van der Waals surface area contributed by atoms with Crippen LogP contribution in [0.2, 0.25) is 0 Å². The van der Waals surface area contributed by atoms with E-state index < -0.39 is 0 Å². The maximum Gasteiger partial charge on any atom is 0.0750 e. The third-order valence-corrected chi connectivity index (χ3v) is 4.59. The van der Waals surface area contributed by atoms with E-state index in [9.17, 15) is 0 Å². The first-order valence-corrected chi connectivity index (χ1v) is 8.03. The predicted octanol–water partition coefficient (Wildman–Crippen LogP) is 3.69. The lowest BCUT2D eigenvalue weighted by atomic mass is 9.77. The van der Waals surface area contributed by atoms with Gasteiger partial charge in [0, 0.05) is 7.05 Å². The lowest BCUT2D eigenvalue weighted by Crippen LogP contribution is -2.26. The summed E-state index contributed by atoms with van der Waals surface area (Å²) in [6.45, 7) is 5.18. The van der Waals surface area contributed by atoms with Gasteiger partial charge in [0.1, 0.15) is 0 Å². The van der Waals surface area contributed by atoms with E-state index in [-0.39, 0.29) is 6.04 Å². The number of aryl methyl sites for hydroxylation is 2. The van der Waals surface area contributed by atoms with Crippen molar-refractivity contribution in [2.24, 2.45) is 7.05 Å². The van der Waals surface area contributed by atoms with Crippen molar-refractivity contribution in [2.45, 2.75) is 45.1 Å². The van der Waals surface area contributed by atoms with Gasteiger partial charge in [-0.25, -0.2) is 0 Å². The molecule has 0 radical (unpaired) electrons. The number of hydrogen-bond acceptors (Lipinski definition) is 2. The predicted molar refractivity (Wildman–Crippen MR) is 86.5 cm³/mol. The Labute approximate surface area is 127 Å². The number of nitrogens with zero attached hydrogens (tertiary/aromatic N) is 2. The van der Waals surface area contributed by atoms with E-state index in [4.69, 9.17) is 0 Å². The molecular formula is C18H25N3. The summed E-state index contributed by atoms with van der Waals surface area (Å²) in [7, 11) is 2.04. The van der Waals surface area contributed by atoms with Crippen LogP contribution in [0.1, 0.15) is 60.7 Å². The van der Waals surface area contributed by atoms with Gasteiger partial charge >= 0.3 is 0 Å². The minimum absolute atomic E-state index is 0.234. The second-order valence-corrected chi connectivity index (χ2v) is 6.08. The largest absolute Gasteiger partial charge is 0.305 e. The zero-order valence-corrected chi connectivity index (χ0v) is 13.3. The lowest BCUT2D eigenvalue weighted by Gasteiger charge is -2.30. The highest BCUT2D eigenvalue weighted by Crippen LogP contribution is 2.40. The molecule has 1 N–H and O–H groups in total. The molecule has 1 aliphatic carbocycles. The summed E-state index contributed by atoms with van der Waals surface area (Å²) in [6.07, 6.45) is 4.04. The molecule has 1 aromatic carbocycles. The van der Waals surface area contributed by atoms with Crippen molar-refractivity contribution in [2.75, 3.05) is 6.54 Å². The molecule has 3 heteroatoms. The fourth-order valence-electron chi connectivity index (χ4n) is 3.34. The molecule has 0 saturated heterocycles.